The molecule has 4 aliphatic heterocycles. The summed E-state index contributed by atoms with van der Waals surface area (Å²) in [7, 11) is 1.51. The van der Waals surface area contributed by atoms with E-state index < -0.39 is 47.7 Å². The number of cyclic esters (lactones) is 1. The molecular formula is C40H43N3O8. The van der Waals surface area contributed by atoms with E-state index in [1.54, 1.807) is 22.0 Å². The van der Waals surface area contributed by atoms with E-state index in [0.717, 1.165) is 10.8 Å². The molecule has 7 rings (SSSR count). The molecule has 2 N–H and O–H groups in total. The lowest BCUT2D eigenvalue weighted by molar-refractivity contribution is -0.162. The summed E-state index contributed by atoms with van der Waals surface area (Å²) in [5.74, 6) is -3.67. The second-order valence-corrected chi connectivity index (χ2v) is 13.6. The molecule has 4 heterocycles. The topological polar surface area (TPSA) is 135 Å². The lowest BCUT2D eigenvalue weighted by Crippen LogP contribution is -2.56. The van der Waals surface area contributed by atoms with Crippen LogP contribution in [0.3, 0.4) is 0 Å². The molecule has 7 atom stereocenters. The summed E-state index contributed by atoms with van der Waals surface area (Å²) in [6, 6.07) is 21.0. The Balaban J connectivity index is 1.32. The van der Waals surface area contributed by atoms with E-state index in [9.17, 15) is 19.5 Å². The minimum absolute atomic E-state index is 0.0588. The van der Waals surface area contributed by atoms with Gasteiger partial charge in [0.05, 0.1) is 24.7 Å². The number of fused-ring (bicyclic) bond motifs is 3. The molecule has 11 heteroatoms. The van der Waals surface area contributed by atoms with E-state index in [4.69, 9.17) is 14.2 Å². The minimum Gasteiger partial charge on any atom is -0.455 e. The van der Waals surface area contributed by atoms with Crippen molar-refractivity contribution in [3.8, 4) is 0 Å². The van der Waals surface area contributed by atoms with Gasteiger partial charge in [0.1, 0.15) is 23.7 Å². The first-order chi connectivity index (χ1) is 24.9. The molecule has 1 spiro atoms. The van der Waals surface area contributed by atoms with Crippen LogP contribution in [-0.2, 0) is 33.4 Å². The van der Waals surface area contributed by atoms with Crippen LogP contribution in [-0.4, -0.2) is 90.9 Å². The number of benzene rings is 3. The number of likely N-dealkylation sites (tertiary alicyclic amines) is 1. The average Bonchev–Trinajstić information content (AvgIpc) is 3.79. The van der Waals surface area contributed by atoms with Crippen molar-refractivity contribution in [1.29, 1.82) is 0 Å². The molecule has 3 aromatic carbocycles. The van der Waals surface area contributed by atoms with Crippen molar-refractivity contribution in [2.24, 2.45) is 11.8 Å². The molecule has 2 fully saturated rings. The monoisotopic (exact) mass is 693 g/mol. The number of anilines is 1. The standard InChI is InChI=1S/C40H43N3O8/c1-49-25-30-35(27-13-4-2-5-14-27)50-39(48)33-31-19-20-40(51-31)34(33)37(46)43(22-10-11-23-44)36(40)38(47)42(21-9-3-6-16-32(45)41-30)29-18-17-26-12-7-8-15-28(26)24-29/h2-5,7-9,12-15,17-20,24,30-31,33-36,44H,6,10-11,16,21-23,25H2,1H3,(H,41,45)/b9-3-/t30-,31+,33-,34-,35-,36+,40-/m0/s1. The highest BCUT2D eigenvalue weighted by atomic mass is 16.6. The first-order valence-corrected chi connectivity index (χ1v) is 17.6. The van der Waals surface area contributed by atoms with Crippen LogP contribution in [0.15, 0.2) is 97.1 Å². The van der Waals surface area contributed by atoms with Crippen molar-refractivity contribution in [3.63, 3.8) is 0 Å². The summed E-state index contributed by atoms with van der Waals surface area (Å²) in [6.45, 7) is 0.390. The Morgan fingerprint density at radius 2 is 1.73 bits per heavy atom. The maximum Gasteiger partial charge on any atom is 0.313 e. The zero-order valence-electron chi connectivity index (χ0n) is 28.6. The van der Waals surface area contributed by atoms with Crippen LogP contribution in [0.2, 0.25) is 0 Å². The summed E-state index contributed by atoms with van der Waals surface area (Å²) in [4.78, 5) is 60.5. The van der Waals surface area contributed by atoms with E-state index in [1.807, 2.05) is 84.9 Å². The minimum atomic E-state index is -1.41. The van der Waals surface area contributed by atoms with Crippen LogP contribution in [0.4, 0.5) is 5.69 Å². The molecule has 0 unspecified atom stereocenters. The fourth-order valence-electron chi connectivity index (χ4n) is 8.07. The zero-order valence-corrected chi connectivity index (χ0v) is 28.6. The predicted molar refractivity (Wildman–Crippen MR) is 189 cm³/mol. The maximum atomic E-state index is 15.1. The molecule has 2 saturated heterocycles. The molecule has 0 aromatic heterocycles. The number of carbonyl (C=O) groups is 4. The van der Waals surface area contributed by atoms with Gasteiger partial charge in [0, 0.05) is 38.9 Å². The number of hydrogen-bond donors (Lipinski definition) is 2. The Morgan fingerprint density at radius 3 is 2.51 bits per heavy atom. The first-order valence-electron chi connectivity index (χ1n) is 17.6. The number of methoxy groups -OCH3 is 1. The van der Waals surface area contributed by atoms with Crippen molar-refractivity contribution in [2.75, 3.05) is 38.3 Å². The number of unbranched alkanes of at least 4 members (excludes halogenated alkanes) is 1. The number of aliphatic hydroxyl groups excluding tert-OH is 1. The fraction of sp³-hybridized carbons (Fsp3) is 0.400. The number of carbonyl (C=O) groups excluding carboxylic acids is 4. The Labute approximate surface area is 296 Å². The lowest BCUT2D eigenvalue weighted by Gasteiger charge is -2.36. The number of esters is 1. The Morgan fingerprint density at radius 1 is 0.941 bits per heavy atom. The van der Waals surface area contributed by atoms with Gasteiger partial charge < -0.3 is 34.4 Å². The smallest absolute Gasteiger partial charge is 0.313 e. The van der Waals surface area contributed by atoms with E-state index in [0.29, 0.717) is 30.5 Å². The molecular weight excluding hydrogens is 650 g/mol. The molecule has 11 nitrogen and oxygen atoms in total. The van der Waals surface area contributed by atoms with Gasteiger partial charge in [-0.3, -0.25) is 19.2 Å². The highest BCUT2D eigenvalue weighted by Crippen LogP contribution is 2.56. The third-order valence-electron chi connectivity index (χ3n) is 10.4. The molecule has 0 saturated carbocycles. The number of rotatable bonds is 8. The van der Waals surface area contributed by atoms with Crippen molar-refractivity contribution >= 4 is 40.2 Å². The lowest BCUT2D eigenvalue weighted by atomic mass is 9.74. The predicted octanol–water partition coefficient (Wildman–Crippen LogP) is 3.86. The molecule has 3 amide bonds. The van der Waals surface area contributed by atoms with Gasteiger partial charge in [0.25, 0.3) is 5.91 Å². The number of nitrogens with one attached hydrogen (secondary N) is 1. The van der Waals surface area contributed by atoms with Crippen molar-refractivity contribution in [3.05, 3.63) is 103 Å². The van der Waals surface area contributed by atoms with Gasteiger partial charge in [-0.2, -0.15) is 0 Å². The summed E-state index contributed by atoms with van der Waals surface area (Å²) in [6.07, 6.45) is 7.02. The summed E-state index contributed by atoms with van der Waals surface area (Å²) in [5, 5.41) is 14.6. The molecule has 0 aliphatic carbocycles. The number of aliphatic hydroxyl groups is 1. The van der Waals surface area contributed by atoms with Gasteiger partial charge in [0.15, 0.2) is 0 Å². The molecule has 5 bridgehead atoms. The highest BCUT2D eigenvalue weighted by molar-refractivity contribution is 6.06. The van der Waals surface area contributed by atoms with E-state index in [1.165, 1.54) is 7.11 Å². The van der Waals surface area contributed by atoms with Crippen LogP contribution >= 0.6 is 0 Å². The second-order valence-electron chi connectivity index (χ2n) is 13.6. The maximum absolute atomic E-state index is 15.1. The van der Waals surface area contributed by atoms with Gasteiger partial charge in [-0.05, 0) is 47.7 Å². The van der Waals surface area contributed by atoms with Crippen molar-refractivity contribution < 1.29 is 38.5 Å². The van der Waals surface area contributed by atoms with Gasteiger partial charge >= 0.3 is 5.97 Å². The van der Waals surface area contributed by atoms with Gasteiger partial charge in [-0.1, -0.05) is 85.0 Å². The fourth-order valence-corrected chi connectivity index (χ4v) is 8.07. The van der Waals surface area contributed by atoms with Crippen LogP contribution in [0.1, 0.15) is 37.4 Å². The number of amides is 3. The van der Waals surface area contributed by atoms with Crippen LogP contribution in [0, 0.1) is 11.8 Å². The molecule has 0 radical (unpaired) electrons. The summed E-state index contributed by atoms with van der Waals surface area (Å²) >= 11 is 0. The third kappa shape index (κ3) is 6.45. The SMILES string of the molecule is COC[C@@H]1NC(=O)CC/C=C\CN(c2ccc3ccccc3c2)C(=O)[C@H]2N(CCCCO)C(=O)[C@@H]3[C@@H](C(=O)O[C@H]1c1ccccc1)[C@H]1C=C[C@]32O1. The van der Waals surface area contributed by atoms with Crippen LogP contribution in [0.25, 0.3) is 10.8 Å². The van der Waals surface area contributed by atoms with Crippen LogP contribution in [0.5, 0.6) is 0 Å². The first kappa shape index (κ1) is 34.6. The van der Waals surface area contributed by atoms with E-state index in [-0.39, 0.29) is 50.4 Å². The quantitative estimate of drug-likeness (QED) is 0.207. The molecule has 266 valence electrons. The Hall–Kier alpha value is -4.84. The Bertz CT molecular complexity index is 1850. The Kier molecular flexibility index (Phi) is 10.0. The van der Waals surface area contributed by atoms with Gasteiger partial charge in [-0.25, -0.2) is 0 Å². The number of allylic oxidation sites excluding steroid dienone is 1. The molecule has 3 aromatic rings. The number of hydrogen-bond acceptors (Lipinski definition) is 8. The van der Waals surface area contributed by atoms with Crippen molar-refractivity contribution in [1.82, 2.24) is 10.2 Å². The summed E-state index contributed by atoms with van der Waals surface area (Å²) in [5.41, 5.74) is -0.110. The average molecular weight is 694 g/mol. The largest absolute Gasteiger partial charge is 0.455 e. The molecule has 4 aliphatic rings. The normalized spacial score (nSPS) is 30.1. The molecule has 51 heavy (non-hydrogen) atoms. The zero-order chi connectivity index (χ0) is 35.5. The van der Waals surface area contributed by atoms with E-state index in [2.05, 4.69) is 5.32 Å². The van der Waals surface area contributed by atoms with Gasteiger partial charge in [0.2, 0.25) is 11.8 Å². The van der Waals surface area contributed by atoms with Crippen molar-refractivity contribution in [2.45, 2.75) is 55.6 Å². The highest BCUT2D eigenvalue weighted by Gasteiger charge is 2.73. The third-order valence-corrected chi connectivity index (χ3v) is 10.4. The summed E-state index contributed by atoms with van der Waals surface area (Å²) < 4.78 is 18.4. The van der Waals surface area contributed by atoms with E-state index >= 15 is 4.79 Å². The van der Waals surface area contributed by atoms with Crippen LogP contribution < -0.4 is 10.2 Å². The number of nitrogens with zero attached hydrogens (tertiary/aromatic N) is 2. The second kappa shape index (κ2) is 14.8. The van der Waals surface area contributed by atoms with Gasteiger partial charge in [-0.15, -0.1) is 0 Å². The number of ether oxygens (including phenoxy) is 3.